The average Bonchev–Trinajstić information content (AvgIpc) is 2.37. The van der Waals surface area contributed by atoms with E-state index >= 15 is 0 Å². The molecule has 5 heteroatoms. The van der Waals surface area contributed by atoms with Crippen molar-refractivity contribution in [1.82, 2.24) is 0 Å². The van der Waals surface area contributed by atoms with Crippen LogP contribution in [0.15, 0.2) is 56.2 Å². The molecule has 0 saturated carbocycles. The number of rotatable bonds is 4. The molecule has 1 rings (SSSR count). The molecule has 1 aromatic carbocycles. The Morgan fingerprint density at radius 1 is 1.10 bits per heavy atom. The summed E-state index contributed by atoms with van der Waals surface area (Å²) >= 11 is 0. The van der Waals surface area contributed by atoms with Crippen molar-refractivity contribution in [2.45, 2.75) is 25.7 Å². The third kappa shape index (κ3) is 4.42. The van der Waals surface area contributed by atoms with E-state index in [1.165, 1.54) is 6.26 Å². The molecule has 0 saturated heterocycles. The molecule has 0 unspecified atom stereocenters. The van der Waals surface area contributed by atoms with Crippen LogP contribution in [-0.4, -0.2) is 21.7 Å². The quantitative estimate of drug-likeness (QED) is 0.624. The lowest BCUT2D eigenvalue weighted by molar-refractivity contribution is 0.602. The highest BCUT2D eigenvalue weighted by atomic mass is 32.2. The lowest BCUT2D eigenvalue weighted by Crippen LogP contribution is -1.96. The Morgan fingerprint density at radius 3 is 2.10 bits per heavy atom. The topological polar surface area (TPSA) is 58.9 Å². The molecule has 0 aliphatic rings. The van der Waals surface area contributed by atoms with E-state index in [-0.39, 0.29) is 0 Å². The smallest absolute Gasteiger partial charge is 0.175 e. The first-order valence-electron chi connectivity index (χ1n) is 6.22. The Hall–Kier alpha value is -1.75. The van der Waals surface area contributed by atoms with E-state index in [9.17, 15) is 8.42 Å². The summed E-state index contributed by atoms with van der Waals surface area (Å²) in [5.74, 6) is 0. The van der Waals surface area contributed by atoms with Gasteiger partial charge in [0, 0.05) is 13.3 Å². The molecule has 0 radical (unpaired) electrons. The molecule has 1 aromatic rings. The second-order valence-corrected chi connectivity index (χ2v) is 6.69. The summed E-state index contributed by atoms with van der Waals surface area (Å²) in [7, 11) is -1.50. The highest BCUT2D eigenvalue weighted by Gasteiger charge is 2.05. The van der Waals surface area contributed by atoms with Crippen molar-refractivity contribution in [3.8, 4) is 0 Å². The van der Waals surface area contributed by atoms with E-state index in [0.717, 1.165) is 22.4 Å². The molecule has 0 N–H and O–H groups in total. The summed E-state index contributed by atoms with van der Waals surface area (Å²) in [6, 6.07) is 6.83. The molecule has 0 amide bonds. The molecular formula is C15H20N2O2S. The van der Waals surface area contributed by atoms with Crippen molar-refractivity contribution in [3.63, 3.8) is 0 Å². The maximum absolute atomic E-state index is 11.4. The van der Waals surface area contributed by atoms with Crippen LogP contribution >= 0.6 is 0 Å². The van der Waals surface area contributed by atoms with Crippen LogP contribution in [0.1, 0.15) is 26.3 Å². The van der Waals surface area contributed by atoms with Gasteiger partial charge in [-0.1, -0.05) is 18.2 Å². The summed E-state index contributed by atoms with van der Waals surface area (Å²) < 4.78 is 22.8. The molecule has 0 aliphatic carbocycles. The van der Waals surface area contributed by atoms with Crippen molar-refractivity contribution in [3.05, 3.63) is 46.7 Å². The molecule has 0 spiro atoms. The van der Waals surface area contributed by atoms with E-state index in [0.29, 0.717) is 4.90 Å². The first-order valence-corrected chi connectivity index (χ1v) is 8.11. The average molecular weight is 292 g/mol. The fraction of sp³-hybridized carbons (Fsp3) is 0.333. The number of azo groups is 1. The third-order valence-corrected chi connectivity index (χ3v) is 4.20. The van der Waals surface area contributed by atoms with Gasteiger partial charge in [-0.25, -0.2) is 8.42 Å². The molecule has 0 atom stereocenters. The van der Waals surface area contributed by atoms with Crippen LogP contribution in [0, 0.1) is 0 Å². The van der Waals surface area contributed by atoms with Gasteiger partial charge in [0.2, 0.25) is 0 Å². The minimum Gasteiger partial charge on any atom is -0.224 e. The van der Waals surface area contributed by atoms with Gasteiger partial charge >= 0.3 is 0 Å². The Kier molecular flexibility index (Phi) is 5.39. The summed E-state index contributed by atoms with van der Waals surface area (Å²) in [4.78, 5) is 0.329. The maximum atomic E-state index is 11.4. The molecule has 4 nitrogen and oxygen atoms in total. The van der Waals surface area contributed by atoms with Crippen molar-refractivity contribution in [2.24, 2.45) is 10.2 Å². The lowest BCUT2D eigenvalue weighted by Gasteiger charge is -2.05. The maximum Gasteiger partial charge on any atom is 0.175 e. The second-order valence-electron chi connectivity index (χ2n) is 4.68. The van der Waals surface area contributed by atoms with Crippen molar-refractivity contribution >= 4 is 15.9 Å². The van der Waals surface area contributed by atoms with Gasteiger partial charge in [0.05, 0.1) is 10.6 Å². The minimum absolute atomic E-state index is 0.329. The fourth-order valence-corrected chi connectivity index (χ4v) is 2.31. The Morgan fingerprint density at radius 2 is 1.65 bits per heavy atom. The number of allylic oxidation sites excluding steroid dienone is 3. The van der Waals surface area contributed by atoms with E-state index in [1.807, 2.05) is 26.8 Å². The number of hydrogen-bond donors (Lipinski definition) is 0. The van der Waals surface area contributed by atoms with Crippen molar-refractivity contribution in [1.29, 1.82) is 0 Å². The number of hydrogen-bond acceptors (Lipinski definition) is 4. The summed E-state index contributed by atoms with van der Waals surface area (Å²) in [6.07, 6.45) is 3.20. The van der Waals surface area contributed by atoms with E-state index in [4.69, 9.17) is 0 Å². The monoisotopic (exact) mass is 292 g/mol. The van der Waals surface area contributed by atoms with E-state index in [2.05, 4.69) is 10.2 Å². The zero-order chi connectivity index (χ0) is 15.3. The molecule has 0 bridgehead atoms. The van der Waals surface area contributed by atoms with Crippen LogP contribution in [0.25, 0.3) is 6.08 Å². The van der Waals surface area contributed by atoms with Gasteiger partial charge in [-0.05, 0) is 49.6 Å². The van der Waals surface area contributed by atoms with Crippen LogP contribution in [0.3, 0.4) is 0 Å². The summed E-state index contributed by atoms with van der Waals surface area (Å²) in [6.45, 7) is 5.89. The highest BCUT2D eigenvalue weighted by molar-refractivity contribution is 7.90. The van der Waals surface area contributed by atoms with Gasteiger partial charge < -0.3 is 0 Å². The largest absolute Gasteiger partial charge is 0.224 e. The van der Waals surface area contributed by atoms with Crippen LogP contribution < -0.4 is 0 Å². The summed E-state index contributed by atoms with van der Waals surface area (Å²) in [5.41, 5.74) is 3.95. The molecule has 108 valence electrons. The van der Waals surface area contributed by atoms with Gasteiger partial charge in [0.15, 0.2) is 9.84 Å². The third-order valence-electron chi connectivity index (χ3n) is 3.08. The molecule has 20 heavy (non-hydrogen) atoms. The Bertz CT molecular complexity index is 666. The first-order chi connectivity index (χ1) is 9.25. The summed E-state index contributed by atoms with van der Waals surface area (Å²) in [5, 5.41) is 7.78. The number of sulfone groups is 1. The Labute approximate surface area is 120 Å². The highest BCUT2D eigenvalue weighted by Crippen LogP contribution is 2.19. The SMILES string of the molecule is CN=N/C(C)=C(C)\C(C)=C\c1ccc(S(C)(=O)=O)cc1. The molecule has 0 aromatic heterocycles. The van der Waals surface area contributed by atoms with Gasteiger partial charge in [-0.3, -0.25) is 0 Å². The molecular weight excluding hydrogens is 272 g/mol. The second kappa shape index (κ2) is 6.61. The normalized spacial score (nSPS) is 14.6. The zero-order valence-electron chi connectivity index (χ0n) is 12.5. The predicted molar refractivity (Wildman–Crippen MR) is 82.4 cm³/mol. The van der Waals surface area contributed by atoms with Crippen LogP contribution in [-0.2, 0) is 9.84 Å². The van der Waals surface area contributed by atoms with Gasteiger partial charge in [-0.15, -0.1) is 0 Å². The standard InChI is InChI=1S/C15H20N2O2S/c1-11(12(2)13(3)17-16-4)10-14-6-8-15(9-7-14)20(5,18)19/h6-10H,1-5H3/b11-10+,13-12-,17-16?. The molecule has 0 fully saturated rings. The first kappa shape index (κ1) is 16.3. The van der Waals surface area contributed by atoms with Crippen molar-refractivity contribution in [2.75, 3.05) is 13.3 Å². The van der Waals surface area contributed by atoms with Crippen molar-refractivity contribution < 1.29 is 8.42 Å². The van der Waals surface area contributed by atoms with E-state index < -0.39 is 9.84 Å². The van der Waals surface area contributed by atoms with Gasteiger partial charge in [-0.2, -0.15) is 10.2 Å². The zero-order valence-corrected chi connectivity index (χ0v) is 13.3. The minimum atomic E-state index is -3.14. The molecule has 0 heterocycles. The van der Waals surface area contributed by atoms with Gasteiger partial charge in [0.1, 0.15) is 0 Å². The van der Waals surface area contributed by atoms with E-state index in [1.54, 1.807) is 31.3 Å². The van der Waals surface area contributed by atoms with Crippen LogP contribution in [0.5, 0.6) is 0 Å². The Balaban J connectivity index is 3.09. The predicted octanol–water partition coefficient (Wildman–Crippen LogP) is 3.87. The van der Waals surface area contributed by atoms with Crippen LogP contribution in [0.2, 0.25) is 0 Å². The number of nitrogens with zero attached hydrogens (tertiary/aromatic N) is 2. The molecule has 0 aliphatic heterocycles. The van der Waals surface area contributed by atoms with Crippen LogP contribution in [0.4, 0.5) is 0 Å². The van der Waals surface area contributed by atoms with Gasteiger partial charge in [0.25, 0.3) is 0 Å². The lowest BCUT2D eigenvalue weighted by atomic mass is 10.0. The fourth-order valence-electron chi connectivity index (χ4n) is 1.68. The number of benzene rings is 1.